The van der Waals surface area contributed by atoms with Crippen LogP contribution < -0.4 is 10.1 Å². The molecular formula is C17H18ClNO5. The molecule has 1 amide bonds. The lowest BCUT2D eigenvalue weighted by Gasteiger charge is -2.12. The molecule has 0 aliphatic rings. The number of hydrogen-bond acceptors (Lipinski definition) is 4. The first-order valence-corrected chi connectivity index (χ1v) is 7.78. The first kappa shape index (κ1) is 17.9. The maximum atomic E-state index is 12.4. The number of aliphatic carboxylic acids is 1. The number of aryl methyl sites for hydroxylation is 1. The maximum absolute atomic E-state index is 12.4. The molecule has 0 aliphatic carbocycles. The maximum Gasteiger partial charge on any atom is 0.311 e. The number of furan rings is 1. The molecule has 2 N–H and O–H groups in total. The van der Waals surface area contributed by atoms with Gasteiger partial charge in [0, 0.05) is 22.7 Å². The van der Waals surface area contributed by atoms with E-state index in [0.717, 1.165) is 5.56 Å². The van der Waals surface area contributed by atoms with Crippen LogP contribution in [0.25, 0.3) is 0 Å². The molecule has 1 aromatic carbocycles. The van der Waals surface area contributed by atoms with Crippen molar-refractivity contribution in [2.75, 3.05) is 6.61 Å². The Balaban J connectivity index is 2.14. The molecule has 0 saturated carbocycles. The summed E-state index contributed by atoms with van der Waals surface area (Å²) in [6.07, 6.45) is 1.03. The van der Waals surface area contributed by atoms with Crippen molar-refractivity contribution in [3.8, 4) is 5.75 Å². The number of halogens is 1. The summed E-state index contributed by atoms with van der Waals surface area (Å²) in [4.78, 5) is 23.3. The van der Waals surface area contributed by atoms with Crippen molar-refractivity contribution in [2.24, 2.45) is 0 Å². The summed E-state index contributed by atoms with van der Waals surface area (Å²) >= 11 is 5.95. The van der Waals surface area contributed by atoms with Crippen LogP contribution in [0.5, 0.6) is 5.75 Å². The molecule has 6 nitrogen and oxygen atoms in total. The highest BCUT2D eigenvalue weighted by Gasteiger charge is 2.20. The van der Waals surface area contributed by atoms with Gasteiger partial charge in [-0.1, -0.05) is 17.7 Å². The Bertz CT molecular complexity index is 753. The molecule has 128 valence electrons. The molecule has 0 spiro atoms. The summed E-state index contributed by atoms with van der Waals surface area (Å²) in [5.41, 5.74) is 1.62. The van der Waals surface area contributed by atoms with Crippen molar-refractivity contribution in [1.82, 2.24) is 5.32 Å². The van der Waals surface area contributed by atoms with E-state index in [2.05, 4.69) is 5.32 Å². The van der Waals surface area contributed by atoms with E-state index < -0.39 is 11.9 Å². The third kappa shape index (κ3) is 4.29. The number of amides is 1. The normalized spacial score (nSPS) is 10.5. The number of carboxylic acids is 1. The average molecular weight is 352 g/mol. The second kappa shape index (κ2) is 7.88. The van der Waals surface area contributed by atoms with Crippen LogP contribution in [-0.2, 0) is 17.8 Å². The summed E-state index contributed by atoms with van der Waals surface area (Å²) in [5, 5.41) is 12.2. The van der Waals surface area contributed by atoms with Gasteiger partial charge in [-0.3, -0.25) is 9.59 Å². The largest absolute Gasteiger partial charge is 0.493 e. The quantitative estimate of drug-likeness (QED) is 0.799. The second-order valence-corrected chi connectivity index (χ2v) is 5.59. The summed E-state index contributed by atoms with van der Waals surface area (Å²) < 4.78 is 10.7. The summed E-state index contributed by atoms with van der Waals surface area (Å²) in [7, 11) is 0. The first-order chi connectivity index (χ1) is 11.4. The molecule has 0 fully saturated rings. The third-order valence-corrected chi connectivity index (χ3v) is 3.59. The van der Waals surface area contributed by atoms with Crippen LogP contribution in [0.1, 0.15) is 34.2 Å². The standard InChI is InChI=1S/C17H18ClNO5/c1-3-23-13-6-12(18)5-4-11(13)8-19-17(22)16-10(2)9-24-14(16)7-15(20)21/h4-6,9H,3,7-8H2,1-2H3,(H,19,22)(H,20,21). The topological polar surface area (TPSA) is 88.8 Å². The van der Waals surface area contributed by atoms with Crippen molar-refractivity contribution in [1.29, 1.82) is 0 Å². The van der Waals surface area contributed by atoms with Crippen molar-refractivity contribution < 1.29 is 23.8 Å². The van der Waals surface area contributed by atoms with Crippen LogP contribution in [0.2, 0.25) is 5.02 Å². The highest BCUT2D eigenvalue weighted by atomic mass is 35.5. The minimum Gasteiger partial charge on any atom is -0.493 e. The van der Waals surface area contributed by atoms with Crippen molar-refractivity contribution in [2.45, 2.75) is 26.8 Å². The fourth-order valence-electron chi connectivity index (χ4n) is 2.30. The van der Waals surface area contributed by atoms with Gasteiger partial charge in [0.15, 0.2) is 0 Å². The summed E-state index contributed by atoms with van der Waals surface area (Å²) in [6, 6.07) is 5.17. The zero-order valence-corrected chi connectivity index (χ0v) is 14.1. The van der Waals surface area contributed by atoms with E-state index in [1.807, 2.05) is 6.92 Å². The Morgan fingerprint density at radius 2 is 2.12 bits per heavy atom. The van der Waals surface area contributed by atoms with Gasteiger partial charge in [0.05, 0.1) is 18.4 Å². The third-order valence-electron chi connectivity index (χ3n) is 3.36. The van der Waals surface area contributed by atoms with Crippen LogP contribution in [0, 0.1) is 6.92 Å². The lowest BCUT2D eigenvalue weighted by Crippen LogP contribution is -2.24. The molecular weight excluding hydrogens is 334 g/mol. The number of carbonyl (C=O) groups excluding carboxylic acids is 1. The Kier molecular flexibility index (Phi) is 5.87. The van der Waals surface area contributed by atoms with Gasteiger partial charge in [0.2, 0.25) is 0 Å². The smallest absolute Gasteiger partial charge is 0.311 e. The number of rotatable bonds is 7. The van der Waals surface area contributed by atoms with E-state index in [9.17, 15) is 9.59 Å². The van der Waals surface area contributed by atoms with Crippen molar-refractivity contribution in [3.63, 3.8) is 0 Å². The molecule has 1 heterocycles. The minimum atomic E-state index is -1.06. The van der Waals surface area contributed by atoms with Crippen LogP contribution >= 0.6 is 11.6 Å². The van der Waals surface area contributed by atoms with Gasteiger partial charge in [0.1, 0.15) is 17.9 Å². The predicted molar refractivity (Wildman–Crippen MR) is 88.6 cm³/mol. The lowest BCUT2D eigenvalue weighted by molar-refractivity contribution is -0.136. The Morgan fingerprint density at radius 3 is 2.79 bits per heavy atom. The van der Waals surface area contributed by atoms with Gasteiger partial charge >= 0.3 is 5.97 Å². The highest BCUT2D eigenvalue weighted by Crippen LogP contribution is 2.24. The molecule has 7 heteroatoms. The SMILES string of the molecule is CCOc1cc(Cl)ccc1CNC(=O)c1c(C)coc1CC(=O)O. The average Bonchev–Trinajstić information content (AvgIpc) is 2.86. The van der Waals surface area contributed by atoms with Gasteiger partial charge in [-0.25, -0.2) is 0 Å². The van der Waals surface area contributed by atoms with E-state index in [0.29, 0.717) is 22.9 Å². The Labute approximate surface area is 144 Å². The second-order valence-electron chi connectivity index (χ2n) is 5.16. The van der Waals surface area contributed by atoms with Gasteiger partial charge in [0.25, 0.3) is 5.91 Å². The molecule has 0 aliphatic heterocycles. The fourth-order valence-corrected chi connectivity index (χ4v) is 2.46. The van der Waals surface area contributed by atoms with Gasteiger partial charge < -0.3 is 19.6 Å². The molecule has 0 unspecified atom stereocenters. The van der Waals surface area contributed by atoms with E-state index in [1.165, 1.54) is 6.26 Å². The Morgan fingerprint density at radius 1 is 1.38 bits per heavy atom. The molecule has 0 bridgehead atoms. The molecule has 1 aromatic heterocycles. The molecule has 2 rings (SSSR count). The van der Waals surface area contributed by atoms with Crippen LogP contribution in [0.15, 0.2) is 28.9 Å². The lowest BCUT2D eigenvalue weighted by atomic mass is 10.1. The number of hydrogen-bond donors (Lipinski definition) is 2. The zero-order chi connectivity index (χ0) is 17.7. The van der Waals surface area contributed by atoms with Gasteiger partial charge in [-0.05, 0) is 26.0 Å². The van der Waals surface area contributed by atoms with E-state index in [-0.39, 0.29) is 24.3 Å². The van der Waals surface area contributed by atoms with Crippen LogP contribution in [0.4, 0.5) is 0 Å². The Hall–Kier alpha value is -2.47. The molecule has 0 radical (unpaired) electrons. The molecule has 2 aromatic rings. The van der Waals surface area contributed by atoms with Crippen molar-refractivity contribution >= 4 is 23.5 Å². The highest BCUT2D eigenvalue weighted by molar-refractivity contribution is 6.30. The van der Waals surface area contributed by atoms with Gasteiger partial charge in [-0.2, -0.15) is 0 Å². The monoisotopic (exact) mass is 351 g/mol. The number of carbonyl (C=O) groups is 2. The predicted octanol–water partition coefficient (Wildman–Crippen LogP) is 3.20. The number of carboxylic acid groups (broad SMARTS) is 1. The number of nitrogens with one attached hydrogen (secondary N) is 1. The van der Waals surface area contributed by atoms with Gasteiger partial charge in [-0.15, -0.1) is 0 Å². The molecule has 0 atom stereocenters. The summed E-state index contributed by atoms with van der Waals surface area (Å²) in [5.74, 6) is -0.719. The van der Waals surface area contributed by atoms with E-state index in [4.69, 9.17) is 25.9 Å². The number of benzene rings is 1. The fraction of sp³-hybridized carbons (Fsp3) is 0.294. The van der Waals surface area contributed by atoms with Crippen LogP contribution in [0.3, 0.4) is 0 Å². The molecule has 24 heavy (non-hydrogen) atoms. The zero-order valence-electron chi connectivity index (χ0n) is 13.4. The summed E-state index contributed by atoms with van der Waals surface area (Å²) in [6.45, 7) is 4.25. The van der Waals surface area contributed by atoms with Crippen molar-refractivity contribution in [3.05, 3.63) is 51.9 Å². The molecule has 0 saturated heterocycles. The van der Waals surface area contributed by atoms with E-state index in [1.54, 1.807) is 25.1 Å². The van der Waals surface area contributed by atoms with E-state index >= 15 is 0 Å². The number of ether oxygens (including phenoxy) is 1. The van der Waals surface area contributed by atoms with Crippen LogP contribution in [-0.4, -0.2) is 23.6 Å². The minimum absolute atomic E-state index is 0.138. The first-order valence-electron chi connectivity index (χ1n) is 7.40.